The van der Waals surface area contributed by atoms with Gasteiger partial charge in [-0.1, -0.05) is 29.3 Å². The summed E-state index contributed by atoms with van der Waals surface area (Å²) in [5.41, 5.74) is 0. The lowest BCUT2D eigenvalue weighted by atomic mass is 9.93. The molecule has 90 valence electrons. The minimum Gasteiger partial charge on any atom is -0.377 e. The first-order valence-corrected chi connectivity index (χ1v) is 6.58. The summed E-state index contributed by atoms with van der Waals surface area (Å²) in [6, 6.07) is 0. The molecule has 2 bridgehead atoms. The van der Waals surface area contributed by atoms with Crippen molar-refractivity contribution in [2.24, 2.45) is 5.92 Å². The molecule has 0 unspecified atom stereocenters. The van der Waals surface area contributed by atoms with Crippen LogP contribution in [0.2, 0.25) is 0 Å². The van der Waals surface area contributed by atoms with Crippen molar-refractivity contribution in [1.29, 1.82) is 0 Å². The maximum atomic E-state index is 6.51. The number of ether oxygens (including phenoxy) is 1. The molecular formula is C11H12Cl4O. The Morgan fingerprint density at radius 2 is 2.06 bits per heavy atom. The maximum absolute atomic E-state index is 6.51. The fourth-order valence-corrected chi connectivity index (χ4v) is 4.30. The summed E-state index contributed by atoms with van der Waals surface area (Å²) in [7, 11) is 0. The van der Waals surface area contributed by atoms with Gasteiger partial charge in [0.25, 0.3) is 0 Å². The van der Waals surface area contributed by atoms with E-state index in [2.05, 4.69) is 6.58 Å². The zero-order chi connectivity index (χ0) is 12.0. The Kier molecular flexibility index (Phi) is 3.56. The zero-order valence-electron chi connectivity index (χ0n) is 8.61. The van der Waals surface area contributed by atoms with Gasteiger partial charge in [-0.05, 0) is 12.8 Å². The topological polar surface area (TPSA) is 9.23 Å². The van der Waals surface area contributed by atoms with E-state index < -0.39 is 9.75 Å². The molecule has 1 saturated carbocycles. The normalized spacial score (nSPS) is 41.9. The Balaban J connectivity index is 2.14. The molecule has 0 radical (unpaired) electrons. The Hall–Kier alpha value is 0.600. The average molecular weight is 302 g/mol. The first-order valence-electron chi connectivity index (χ1n) is 5.07. The van der Waals surface area contributed by atoms with Crippen molar-refractivity contribution in [3.63, 3.8) is 0 Å². The zero-order valence-corrected chi connectivity index (χ0v) is 11.6. The minimum absolute atomic E-state index is 0.113. The average Bonchev–Trinajstić information content (AvgIpc) is 2.58. The van der Waals surface area contributed by atoms with E-state index in [1.807, 2.05) is 0 Å². The largest absolute Gasteiger partial charge is 0.377 e. The highest BCUT2D eigenvalue weighted by Gasteiger charge is 2.62. The quantitative estimate of drug-likeness (QED) is 0.428. The van der Waals surface area contributed by atoms with E-state index in [4.69, 9.17) is 51.1 Å². The van der Waals surface area contributed by atoms with Gasteiger partial charge in [0.05, 0.1) is 33.0 Å². The fraction of sp³-hybridized carbons (Fsp3) is 0.636. The molecule has 0 saturated heterocycles. The Labute approximate surface area is 115 Å². The van der Waals surface area contributed by atoms with E-state index in [9.17, 15) is 0 Å². The Morgan fingerprint density at radius 1 is 1.38 bits per heavy atom. The molecule has 3 atom stereocenters. The van der Waals surface area contributed by atoms with E-state index in [0.717, 1.165) is 0 Å². The van der Waals surface area contributed by atoms with Gasteiger partial charge in [0.15, 0.2) is 0 Å². The number of fused-ring (bicyclic) bond motifs is 2. The molecule has 0 spiro atoms. The highest BCUT2D eigenvalue weighted by Crippen LogP contribution is 2.65. The van der Waals surface area contributed by atoms with Gasteiger partial charge in [-0.3, -0.25) is 0 Å². The van der Waals surface area contributed by atoms with Gasteiger partial charge < -0.3 is 4.74 Å². The molecule has 0 N–H and O–H groups in total. The van der Waals surface area contributed by atoms with Crippen molar-refractivity contribution in [2.45, 2.75) is 22.6 Å². The van der Waals surface area contributed by atoms with E-state index >= 15 is 0 Å². The van der Waals surface area contributed by atoms with Gasteiger partial charge in [-0.2, -0.15) is 0 Å². The SMILES string of the molecule is C=CCOC[C@@H]1C[C@@]2(Cl)C[C@]1(Cl)C(Cl)=C2Cl. The van der Waals surface area contributed by atoms with Crippen LogP contribution in [0.3, 0.4) is 0 Å². The molecular weight excluding hydrogens is 290 g/mol. The van der Waals surface area contributed by atoms with Crippen LogP contribution < -0.4 is 0 Å². The lowest BCUT2D eigenvalue weighted by Crippen LogP contribution is -2.31. The van der Waals surface area contributed by atoms with E-state index in [1.54, 1.807) is 6.08 Å². The predicted molar refractivity (Wildman–Crippen MR) is 69.6 cm³/mol. The Bertz CT molecular complexity index is 354. The second kappa shape index (κ2) is 4.37. The summed E-state index contributed by atoms with van der Waals surface area (Å²) >= 11 is 25.2. The van der Waals surface area contributed by atoms with Crippen molar-refractivity contribution in [3.8, 4) is 0 Å². The molecule has 0 aromatic rings. The molecule has 2 rings (SSSR count). The predicted octanol–water partition coefficient (Wildman–Crippen LogP) is 4.26. The monoisotopic (exact) mass is 300 g/mol. The van der Waals surface area contributed by atoms with Gasteiger partial charge in [0.1, 0.15) is 0 Å². The summed E-state index contributed by atoms with van der Waals surface area (Å²) in [5.74, 6) is 0.113. The third-order valence-corrected chi connectivity index (χ3v) is 5.74. The minimum atomic E-state index is -0.637. The maximum Gasteiger partial charge on any atom is 0.0884 e. The van der Waals surface area contributed by atoms with Crippen LogP contribution in [0.25, 0.3) is 0 Å². The van der Waals surface area contributed by atoms with Crippen molar-refractivity contribution < 1.29 is 4.74 Å². The Morgan fingerprint density at radius 3 is 2.56 bits per heavy atom. The summed E-state index contributed by atoms with van der Waals surface area (Å²) in [4.78, 5) is -1.22. The number of rotatable bonds is 4. The molecule has 0 aromatic heterocycles. The highest BCUT2D eigenvalue weighted by molar-refractivity contribution is 6.50. The van der Waals surface area contributed by atoms with Crippen LogP contribution in [-0.2, 0) is 4.74 Å². The summed E-state index contributed by atoms with van der Waals surface area (Å²) in [6.45, 7) is 4.63. The van der Waals surface area contributed by atoms with E-state index in [1.165, 1.54) is 0 Å². The van der Waals surface area contributed by atoms with Crippen LogP contribution >= 0.6 is 46.4 Å². The highest BCUT2D eigenvalue weighted by atomic mass is 35.5. The van der Waals surface area contributed by atoms with Gasteiger partial charge in [0.2, 0.25) is 0 Å². The van der Waals surface area contributed by atoms with Gasteiger partial charge in [-0.25, -0.2) is 0 Å². The van der Waals surface area contributed by atoms with Gasteiger partial charge >= 0.3 is 0 Å². The standard InChI is InChI=1S/C11H12Cl4O/c1-2-3-16-5-7-4-10(14)6-11(7,15)9(13)8(10)12/h2,7H,1,3-6H2/t7-,10+,11+/m0/s1. The van der Waals surface area contributed by atoms with Crippen molar-refractivity contribution in [1.82, 2.24) is 0 Å². The molecule has 5 heteroatoms. The smallest absolute Gasteiger partial charge is 0.0884 e. The number of allylic oxidation sites excluding steroid dienone is 2. The molecule has 0 amide bonds. The van der Waals surface area contributed by atoms with Crippen LogP contribution in [0.1, 0.15) is 12.8 Å². The summed E-state index contributed by atoms with van der Waals surface area (Å²) < 4.78 is 5.43. The number of alkyl halides is 2. The van der Waals surface area contributed by atoms with Gasteiger partial charge in [-0.15, -0.1) is 29.8 Å². The van der Waals surface area contributed by atoms with Crippen LogP contribution in [0.5, 0.6) is 0 Å². The van der Waals surface area contributed by atoms with Crippen LogP contribution in [0, 0.1) is 5.92 Å². The second-order valence-electron chi connectivity index (χ2n) is 4.36. The van der Waals surface area contributed by atoms with Crippen LogP contribution in [-0.4, -0.2) is 23.0 Å². The van der Waals surface area contributed by atoms with Crippen LogP contribution in [0.15, 0.2) is 22.7 Å². The second-order valence-corrected chi connectivity index (χ2v) is 6.51. The van der Waals surface area contributed by atoms with Crippen molar-refractivity contribution >= 4 is 46.4 Å². The third-order valence-electron chi connectivity index (χ3n) is 3.26. The number of hydrogen-bond donors (Lipinski definition) is 0. The lowest BCUT2D eigenvalue weighted by molar-refractivity contribution is 0.116. The molecule has 1 fully saturated rings. The molecule has 0 aliphatic heterocycles. The van der Waals surface area contributed by atoms with Crippen LogP contribution in [0.4, 0.5) is 0 Å². The van der Waals surface area contributed by atoms with E-state index in [-0.39, 0.29) is 5.92 Å². The van der Waals surface area contributed by atoms with Gasteiger partial charge in [0, 0.05) is 5.92 Å². The molecule has 16 heavy (non-hydrogen) atoms. The first kappa shape index (κ1) is 13.0. The molecule has 0 aromatic carbocycles. The van der Waals surface area contributed by atoms with E-state index in [0.29, 0.717) is 36.1 Å². The number of halogens is 4. The lowest BCUT2D eigenvalue weighted by Gasteiger charge is -2.29. The molecule has 2 aliphatic carbocycles. The third kappa shape index (κ3) is 1.81. The summed E-state index contributed by atoms with van der Waals surface area (Å²) in [5, 5.41) is 0.995. The fourth-order valence-electron chi connectivity index (χ4n) is 2.46. The molecule has 0 heterocycles. The molecule has 2 aliphatic rings. The summed E-state index contributed by atoms with van der Waals surface area (Å²) in [6.07, 6.45) is 3.00. The van der Waals surface area contributed by atoms with Crippen molar-refractivity contribution in [2.75, 3.05) is 13.2 Å². The van der Waals surface area contributed by atoms with Crippen molar-refractivity contribution in [3.05, 3.63) is 22.7 Å². The first-order chi connectivity index (χ1) is 7.44. The number of hydrogen-bond acceptors (Lipinski definition) is 1. The molecule has 1 nitrogen and oxygen atoms in total.